The topological polar surface area (TPSA) is 105 Å². The zero-order valence-corrected chi connectivity index (χ0v) is 14.0. The summed E-state index contributed by atoms with van der Waals surface area (Å²) < 4.78 is 1.40. The van der Waals surface area contributed by atoms with Gasteiger partial charge < -0.3 is 10.2 Å². The second kappa shape index (κ2) is 6.36. The van der Waals surface area contributed by atoms with E-state index in [9.17, 15) is 10.2 Å². The Kier molecular flexibility index (Phi) is 3.88. The predicted octanol–water partition coefficient (Wildman–Crippen LogP) is 1.79. The fraction of sp³-hybridized carbons (Fsp3) is 0.176. The van der Waals surface area contributed by atoms with Crippen LogP contribution in [0, 0.1) is 0 Å². The lowest BCUT2D eigenvalue weighted by Gasteiger charge is -2.29. The van der Waals surface area contributed by atoms with Crippen molar-refractivity contribution in [3.63, 3.8) is 0 Å². The van der Waals surface area contributed by atoms with Crippen molar-refractivity contribution in [2.45, 2.75) is 19.5 Å². The molecule has 1 atom stereocenters. The van der Waals surface area contributed by atoms with Crippen LogP contribution < -0.4 is 5.01 Å². The minimum atomic E-state index is -0.258. The van der Waals surface area contributed by atoms with Gasteiger partial charge in [-0.3, -0.25) is 4.57 Å². The number of fused-ring (bicyclic) bond motifs is 1. The number of para-hydroxylation sites is 1. The molecule has 0 amide bonds. The maximum absolute atomic E-state index is 9.95. The largest absolute Gasteiger partial charge is 0.494 e. The Hall–Kier alpha value is -3.62. The summed E-state index contributed by atoms with van der Waals surface area (Å²) in [6.07, 6.45) is 3.29. The molecule has 0 saturated carbocycles. The fourth-order valence-corrected chi connectivity index (χ4v) is 2.87. The molecule has 9 nitrogen and oxygen atoms in total. The van der Waals surface area contributed by atoms with Crippen molar-refractivity contribution in [2.24, 2.45) is 0 Å². The number of rotatable bonds is 5. The van der Waals surface area contributed by atoms with Crippen LogP contribution >= 0.6 is 0 Å². The van der Waals surface area contributed by atoms with Gasteiger partial charge in [0.15, 0.2) is 11.8 Å². The predicted molar refractivity (Wildman–Crippen MR) is 94.7 cm³/mol. The molecule has 0 fully saturated rings. The van der Waals surface area contributed by atoms with Gasteiger partial charge in [-0.15, -0.1) is 9.89 Å². The first-order valence-electron chi connectivity index (χ1n) is 8.09. The molecule has 3 heterocycles. The van der Waals surface area contributed by atoms with Gasteiger partial charge in [0.25, 0.3) is 0 Å². The SMILES string of the molecule is CC(Cn1c(O)ccc1O)N(c1ncccn1)n1nnc2ccccc21. The third kappa shape index (κ3) is 2.69. The van der Waals surface area contributed by atoms with E-state index in [1.54, 1.807) is 28.3 Å². The molecule has 0 aliphatic rings. The van der Waals surface area contributed by atoms with E-state index >= 15 is 0 Å². The normalized spacial score (nSPS) is 12.3. The van der Waals surface area contributed by atoms with E-state index in [0.29, 0.717) is 5.95 Å². The molecular formula is C17H17N7O2. The molecule has 26 heavy (non-hydrogen) atoms. The number of benzene rings is 1. The molecule has 0 spiro atoms. The minimum Gasteiger partial charge on any atom is -0.494 e. The highest BCUT2D eigenvalue weighted by atomic mass is 16.3. The molecule has 3 aromatic heterocycles. The van der Waals surface area contributed by atoms with E-state index in [4.69, 9.17) is 0 Å². The summed E-state index contributed by atoms with van der Waals surface area (Å²) in [6, 6.07) is 11.9. The van der Waals surface area contributed by atoms with E-state index in [-0.39, 0.29) is 24.3 Å². The lowest BCUT2D eigenvalue weighted by molar-refractivity contribution is 0.347. The smallest absolute Gasteiger partial charge is 0.246 e. The van der Waals surface area contributed by atoms with Gasteiger partial charge in [-0.1, -0.05) is 12.1 Å². The number of hydrogen-bond acceptors (Lipinski definition) is 7. The van der Waals surface area contributed by atoms with Gasteiger partial charge in [-0.25, -0.2) is 15.0 Å². The van der Waals surface area contributed by atoms with Crippen LogP contribution in [0.1, 0.15) is 6.92 Å². The van der Waals surface area contributed by atoms with E-state index in [0.717, 1.165) is 11.0 Å². The molecule has 4 rings (SSSR count). The molecular weight excluding hydrogens is 334 g/mol. The van der Waals surface area contributed by atoms with Gasteiger partial charge in [-0.2, -0.15) is 0 Å². The fourth-order valence-electron chi connectivity index (χ4n) is 2.87. The van der Waals surface area contributed by atoms with Crippen LogP contribution in [-0.2, 0) is 6.54 Å². The second-order valence-corrected chi connectivity index (χ2v) is 5.87. The lowest BCUT2D eigenvalue weighted by atomic mass is 10.3. The Morgan fingerprint density at radius 1 is 1.00 bits per heavy atom. The van der Waals surface area contributed by atoms with Gasteiger partial charge >= 0.3 is 0 Å². The molecule has 0 saturated heterocycles. The Morgan fingerprint density at radius 3 is 2.42 bits per heavy atom. The molecule has 0 bridgehead atoms. The summed E-state index contributed by atoms with van der Waals surface area (Å²) in [5.74, 6) is 0.389. The second-order valence-electron chi connectivity index (χ2n) is 5.87. The highest BCUT2D eigenvalue weighted by molar-refractivity contribution is 5.74. The molecule has 0 radical (unpaired) electrons. The molecule has 0 aliphatic carbocycles. The van der Waals surface area contributed by atoms with Gasteiger partial charge in [0.05, 0.1) is 12.6 Å². The van der Waals surface area contributed by atoms with Gasteiger partial charge in [0.1, 0.15) is 11.0 Å². The van der Waals surface area contributed by atoms with Crippen molar-refractivity contribution in [3.05, 3.63) is 54.9 Å². The average molecular weight is 351 g/mol. The number of anilines is 1. The van der Waals surface area contributed by atoms with Crippen molar-refractivity contribution >= 4 is 17.0 Å². The molecule has 9 heteroatoms. The Morgan fingerprint density at radius 2 is 1.69 bits per heavy atom. The third-order valence-corrected chi connectivity index (χ3v) is 4.09. The number of hydrogen-bond donors (Lipinski definition) is 2. The summed E-state index contributed by atoms with van der Waals surface area (Å²) in [5, 5.41) is 30.1. The van der Waals surface area contributed by atoms with Crippen molar-refractivity contribution in [2.75, 3.05) is 5.01 Å². The van der Waals surface area contributed by atoms with Crippen LogP contribution in [0.3, 0.4) is 0 Å². The Bertz CT molecular complexity index is 1010. The molecule has 2 N–H and O–H groups in total. The maximum atomic E-state index is 9.95. The lowest BCUT2D eigenvalue weighted by Crippen LogP contribution is -2.42. The number of nitrogens with zero attached hydrogens (tertiary/aromatic N) is 7. The Labute approximate surface area is 148 Å². The van der Waals surface area contributed by atoms with Crippen LogP contribution in [0.2, 0.25) is 0 Å². The van der Waals surface area contributed by atoms with Crippen LogP contribution in [0.4, 0.5) is 5.95 Å². The van der Waals surface area contributed by atoms with Crippen molar-refractivity contribution < 1.29 is 10.2 Å². The monoisotopic (exact) mass is 351 g/mol. The summed E-state index contributed by atoms with van der Waals surface area (Å²) in [7, 11) is 0. The quantitative estimate of drug-likeness (QED) is 0.565. The van der Waals surface area contributed by atoms with E-state index in [1.165, 1.54) is 16.7 Å². The minimum absolute atomic E-state index is 0.0215. The third-order valence-electron chi connectivity index (χ3n) is 4.09. The van der Waals surface area contributed by atoms with Gasteiger partial charge in [0, 0.05) is 24.5 Å². The summed E-state index contributed by atoms with van der Waals surface area (Å²) in [5.41, 5.74) is 1.54. The van der Waals surface area contributed by atoms with Crippen molar-refractivity contribution in [1.82, 2.24) is 29.6 Å². The highest BCUT2D eigenvalue weighted by Gasteiger charge is 2.24. The zero-order valence-electron chi connectivity index (χ0n) is 14.0. The van der Waals surface area contributed by atoms with Crippen LogP contribution in [-0.4, -0.2) is 45.9 Å². The average Bonchev–Trinajstić information content (AvgIpc) is 3.22. The van der Waals surface area contributed by atoms with E-state index in [2.05, 4.69) is 20.3 Å². The van der Waals surface area contributed by atoms with Gasteiger partial charge in [0.2, 0.25) is 5.95 Å². The van der Waals surface area contributed by atoms with Crippen LogP contribution in [0.25, 0.3) is 11.0 Å². The van der Waals surface area contributed by atoms with E-state index in [1.807, 2.05) is 31.2 Å². The number of aromatic nitrogens is 6. The van der Waals surface area contributed by atoms with Crippen molar-refractivity contribution in [1.29, 1.82) is 0 Å². The number of aromatic hydroxyl groups is 2. The van der Waals surface area contributed by atoms with Crippen molar-refractivity contribution in [3.8, 4) is 11.8 Å². The van der Waals surface area contributed by atoms with Gasteiger partial charge in [-0.05, 0) is 30.3 Å². The first kappa shape index (κ1) is 15.9. The molecule has 132 valence electrons. The maximum Gasteiger partial charge on any atom is 0.246 e. The van der Waals surface area contributed by atoms with Crippen LogP contribution in [0.15, 0.2) is 54.9 Å². The standard InChI is InChI=1S/C17H17N7O2/c1-12(11-22-15(25)7-8-16(22)26)23(17-18-9-4-10-19-17)24-14-6-3-2-5-13(14)20-21-24/h2-10,12,25-26H,11H2,1H3. The first-order valence-corrected chi connectivity index (χ1v) is 8.09. The van der Waals surface area contributed by atoms with Crippen LogP contribution in [0.5, 0.6) is 11.8 Å². The van der Waals surface area contributed by atoms with E-state index < -0.39 is 0 Å². The molecule has 1 aromatic carbocycles. The molecule has 0 aliphatic heterocycles. The highest BCUT2D eigenvalue weighted by Crippen LogP contribution is 2.24. The summed E-state index contributed by atoms with van der Waals surface area (Å²) in [6.45, 7) is 2.21. The molecule has 1 unspecified atom stereocenters. The summed E-state index contributed by atoms with van der Waals surface area (Å²) >= 11 is 0. The first-order chi connectivity index (χ1) is 12.6. The Balaban J connectivity index is 1.79. The zero-order chi connectivity index (χ0) is 18.1. The summed E-state index contributed by atoms with van der Waals surface area (Å²) in [4.78, 5) is 10.3. The molecule has 4 aromatic rings.